The number of carbonyl (C=O) groups excluding carboxylic acids is 1. The van der Waals surface area contributed by atoms with Crippen LogP contribution < -0.4 is 0 Å². The molecular formula is C19H19NO3. The average Bonchev–Trinajstić information content (AvgIpc) is 3.04. The van der Waals surface area contributed by atoms with E-state index in [-0.39, 0.29) is 11.3 Å². The second-order valence-corrected chi connectivity index (χ2v) is 4.90. The van der Waals surface area contributed by atoms with Crippen molar-refractivity contribution < 1.29 is 14.7 Å². The van der Waals surface area contributed by atoms with Gasteiger partial charge in [0.1, 0.15) is 0 Å². The molecule has 0 aliphatic rings. The van der Waals surface area contributed by atoms with E-state index in [4.69, 9.17) is 5.11 Å². The van der Waals surface area contributed by atoms with Crippen LogP contribution in [0.3, 0.4) is 0 Å². The Bertz CT molecular complexity index is 845. The molecule has 0 amide bonds. The molecule has 1 aromatic heterocycles. The first-order valence-electron chi connectivity index (χ1n) is 7.52. The smallest absolute Gasteiger partial charge is 0.335 e. The molecule has 3 rings (SSSR count). The standard InChI is InChI=1S/C17H13NO3.C2H6/c1-10(19)13-8-15(14-6-7-18-16(14)9-13)11-2-4-12(5-3-11)17(20)21;1-2/h2-9,18H,1H3,(H,20,21);1-2H3. The van der Waals surface area contributed by atoms with Crippen LogP contribution in [0, 0.1) is 0 Å². The van der Waals surface area contributed by atoms with Gasteiger partial charge < -0.3 is 10.1 Å². The summed E-state index contributed by atoms with van der Waals surface area (Å²) in [6.07, 6.45) is 1.82. The molecule has 2 N–H and O–H groups in total. The predicted octanol–water partition coefficient (Wildman–Crippen LogP) is 4.76. The van der Waals surface area contributed by atoms with Crippen LogP contribution in [0.5, 0.6) is 0 Å². The highest BCUT2D eigenvalue weighted by Crippen LogP contribution is 2.30. The molecule has 0 spiro atoms. The van der Waals surface area contributed by atoms with E-state index < -0.39 is 5.97 Å². The molecular weight excluding hydrogens is 290 g/mol. The molecule has 3 aromatic rings. The van der Waals surface area contributed by atoms with E-state index in [1.165, 1.54) is 6.92 Å². The lowest BCUT2D eigenvalue weighted by atomic mass is 9.97. The zero-order chi connectivity index (χ0) is 17.0. The van der Waals surface area contributed by atoms with Crippen molar-refractivity contribution in [3.8, 4) is 11.1 Å². The molecule has 0 atom stereocenters. The highest BCUT2D eigenvalue weighted by molar-refractivity contribution is 6.04. The molecule has 0 bridgehead atoms. The number of carboxylic acid groups (broad SMARTS) is 1. The van der Waals surface area contributed by atoms with E-state index in [2.05, 4.69) is 4.98 Å². The van der Waals surface area contributed by atoms with Crippen LogP contribution >= 0.6 is 0 Å². The van der Waals surface area contributed by atoms with E-state index in [1.807, 2.05) is 38.2 Å². The minimum Gasteiger partial charge on any atom is -0.478 e. The Morgan fingerprint density at radius 2 is 1.61 bits per heavy atom. The molecule has 23 heavy (non-hydrogen) atoms. The van der Waals surface area contributed by atoms with Crippen molar-refractivity contribution in [3.63, 3.8) is 0 Å². The Labute approximate surface area is 134 Å². The predicted molar refractivity (Wildman–Crippen MR) is 92.0 cm³/mol. The topological polar surface area (TPSA) is 70.2 Å². The quantitative estimate of drug-likeness (QED) is 0.685. The fourth-order valence-electron chi connectivity index (χ4n) is 2.40. The van der Waals surface area contributed by atoms with Gasteiger partial charge >= 0.3 is 5.97 Å². The molecule has 0 aliphatic carbocycles. The number of aromatic amines is 1. The summed E-state index contributed by atoms with van der Waals surface area (Å²) in [5, 5.41) is 9.96. The van der Waals surface area contributed by atoms with Crippen molar-refractivity contribution >= 4 is 22.7 Å². The second kappa shape index (κ2) is 6.92. The van der Waals surface area contributed by atoms with Crippen molar-refractivity contribution in [1.29, 1.82) is 0 Å². The van der Waals surface area contributed by atoms with Crippen molar-refractivity contribution in [2.24, 2.45) is 0 Å². The molecule has 0 fully saturated rings. The zero-order valence-corrected chi connectivity index (χ0v) is 13.4. The van der Waals surface area contributed by atoms with Gasteiger partial charge in [-0.25, -0.2) is 4.79 Å². The molecule has 2 aromatic carbocycles. The molecule has 118 valence electrons. The van der Waals surface area contributed by atoms with E-state index >= 15 is 0 Å². The van der Waals surface area contributed by atoms with E-state index in [0.717, 1.165) is 22.0 Å². The lowest BCUT2D eigenvalue weighted by Gasteiger charge is -2.07. The largest absolute Gasteiger partial charge is 0.478 e. The molecule has 1 heterocycles. The third-order valence-electron chi connectivity index (χ3n) is 3.52. The van der Waals surface area contributed by atoms with E-state index in [1.54, 1.807) is 24.3 Å². The molecule has 0 aliphatic heterocycles. The third-order valence-corrected chi connectivity index (χ3v) is 3.52. The SMILES string of the molecule is CC.CC(=O)c1cc(-c2ccc(C(=O)O)cc2)c2cc[nH]c2c1. The highest BCUT2D eigenvalue weighted by Gasteiger charge is 2.10. The zero-order valence-electron chi connectivity index (χ0n) is 13.4. The minimum atomic E-state index is -0.953. The van der Waals surface area contributed by atoms with Gasteiger partial charge in [0, 0.05) is 22.7 Å². The number of Topliss-reactive ketones (excluding diaryl/α,β-unsaturated/α-hetero) is 1. The van der Waals surface area contributed by atoms with Crippen LogP contribution in [-0.4, -0.2) is 21.8 Å². The number of hydrogen-bond acceptors (Lipinski definition) is 2. The lowest BCUT2D eigenvalue weighted by Crippen LogP contribution is -1.96. The van der Waals surface area contributed by atoms with Gasteiger partial charge in [0.15, 0.2) is 5.78 Å². The molecule has 4 heteroatoms. The highest BCUT2D eigenvalue weighted by atomic mass is 16.4. The number of nitrogens with one attached hydrogen (secondary N) is 1. The molecule has 0 radical (unpaired) electrons. The first-order valence-corrected chi connectivity index (χ1v) is 7.52. The Kier molecular flexibility index (Phi) is 4.96. The molecule has 4 nitrogen and oxygen atoms in total. The Morgan fingerprint density at radius 3 is 2.17 bits per heavy atom. The number of carboxylic acids is 1. The van der Waals surface area contributed by atoms with Crippen LogP contribution in [-0.2, 0) is 0 Å². The van der Waals surface area contributed by atoms with Gasteiger partial charge in [-0.2, -0.15) is 0 Å². The third kappa shape index (κ3) is 3.31. The number of benzene rings is 2. The van der Waals surface area contributed by atoms with Crippen LogP contribution in [0.15, 0.2) is 48.7 Å². The van der Waals surface area contributed by atoms with E-state index in [0.29, 0.717) is 5.56 Å². The maximum absolute atomic E-state index is 11.6. The second-order valence-electron chi connectivity index (χ2n) is 4.90. The van der Waals surface area contributed by atoms with E-state index in [9.17, 15) is 9.59 Å². The van der Waals surface area contributed by atoms with Gasteiger partial charge in [0.25, 0.3) is 0 Å². The molecule has 0 saturated heterocycles. The van der Waals surface area contributed by atoms with Crippen molar-refractivity contribution in [2.75, 3.05) is 0 Å². The summed E-state index contributed by atoms with van der Waals surface area (Å²) in [5.74, 6) is -0.958. The maximum Gasteiger partial charge on any atom is 0.335 e. The average molecular weight is 309 g/mol. The summed E-state index contributed by atoms with van der Waals surface area (Å²) in [5.41, 5.74) is 3.55. The number of fused-ring (bicyclic) bond motifs is 1. The number of hydrogen-bond donors (Lipinski definition) is 2. The molecule has 0 unspecified atom stereocenters. The van der Waals surface area contributed by atoms with Crippen LogP contribution in [0.25, 0.3) is 22.0 Å². The Hall–Kier alpha value is -2.88. The first-order chi connectivity index (χ1) is 11.1. The monoisotopic (exact) mass is 309 g/mol. The fraction of sp³-hybridized carbons (Fsp3) is 0.158. The number of aromatic nitrogens is 1. The van der Waals surface area contributed by atoms with Crippen LogP contribution in [0.1, 0.15) is 41.5 Å². The summed E-state index contributed by atoms with van der Waals surface area (Å²) in [7, 11) is 0. The number of ketones is 1. The minimum absolute atomic E-state index is 0.00472. The summed E-state index contributed by atoms with van der Waals surface area (Å²) in [6, 6.07) is 12.3. The van der Waals surface area contributed by atoms with Gasteiger partial charge in [-0.15, -0.1) is 0 Å². The number of rotatable bonds is 3. The number of H-pyrrole nitrogens is 1. The number of carbonyl (C=O) groups is 2. The van der Waals surface area contributed by atoms with Crippen LogP contribution in [0.2, 0.25) is 0 Å². The summed E-state index contributed by atoms with van der Waals surface area (Å²) in [6.45, 7) is 5.53. The van der Waals surface area contributed by atoms with Crippen LogP contribution in [0.4, 0.5) is 0 Å². The van der Waals surface area contributed by atoms with Gasteiger partial charge in [-0.05, 0) is 48.4 Å². The summed E-state index contributed by atoms with van der Waals surface area (Å²) < 4.78 is 0. The van der Waals surface area contributed by atoms with Crippen molar-refractivity contribution in [2.45, 2.75) is 20.8 Å². The number of aromatic carboxylic acids is 1. The Morgan fingerprint density at radius 1 is 0.957 bits per heavy atom. The van der Waals surface area contributed by atoms with Gasteiger partial charge in [-0.1, -0.05) is 26.0 Å². The first kappa shape index (κ1) is 16.5. The lowest BCUT2D eigenvalue weighted by molar-refractivity contribution is 0.0696. The molecule has 0 saturated carbocycles. The van der Waals surface area contributed by atoms with Crippen molar-refractivity contribution in [1.82, 2.24) is 4.98 Å². The summed E-state index contributed by atoms with van der Waals surface area (Å²) in [4.78, 5) is 25.7. The Balaban J connectivity index is 0.000000924. The maximum atomic E-state index is 11.6. The van der Waals surface area contributed by atoms with Gasteiger partial charge in [-0.3, -0.25) is 4.79 Å². The summed E-state index contributed by atoms with van der Waals surface area (Å²) >= 11 is 0. The van der Waals surface area contributed by atoms with Crippen molar-refractivity contribution in [3.05, 3.63) is 59.8 Å². The normalized spacial score (nSPS) is 10.0. The fourth-order valence-corrected chi connectivity index (χ4v) is 2.40. The van der Waals surface area contributed by atoms with Gasteiger partial charge in [0.05, 0.1) is 5.56 Å². The van der Waals surface area contributed by atoms with Gasteiger partial charge in [0.2, 0.25) is 0 Å².